The minimum atomic E-state index is -1.07. The molecule has 0 aromatic heterocycles. The van der Waals surface area contributed by atoms with Gasteiger partial charge in [-0.25, -0.2) is 4.79 Å². The molecule has 3 aromatic rings. The fourth-order valence-electron chi connectivity index (χ4n) is 3.30. The maximum atomic E-state index is 11.6. The number of hydrogen-bond acceptors (Lipinski definition) is 5. The zero-order valence-corrected chi connectivity index (χ0v) is 19.4. The summed E-state index contributed by atoms with van der Waals surface area (Å²) < 4.78 is 11.5. The molecule has 0 unspecified atom stereocenters. The summed E-state index contributed by atoms with van der Waals surface area (Å²) in [6, 6.07) is 19.6. The molecule has 0 aliphatic rings. The topological polar surface area (TPSA) is 88.0 Å². The Balaban J connectivity index is 1.56. The van der Waals surface area contributed by atoms with E-state index < -0.39 is 12.1 Å². The average Bonchev–Trinajstić information content (AvgIpc) is 2.77. The molecule has 0 aliphatic carbocycles. The molecule has 0 amide bonds. The monoisotopic (exact) mass is 469 g/mol. The molecule has 3 N–H and O–H groups in total. The van der Waals surface area contributed by atoms with Gasteiger partial charge in [-0.15, -0.1) is 0 Å². The highest BCUT2D eigenvalue weighted by molar-refractivity contribution is 6.30. The predicted octanol–water partition coefficient (Wildman–Crippen LogP) is 5.48. The van der Waals surface area contributed by atoms with Crippen LogP contribution in [0, 0.1) is 0 Å². The zero-order valence-electron chi connectivity index (χ0n) is 18.6. The Morgan fingerprint density at radius 1 is 1.03 bits per heavy atom. The molecule has 3 aromatic carbocycles. The van der Waals surface area contributed by atoms with Crippen LogP contribution >= 0.6 is 11.6 Å². The normalized spacial score (nSPS) is 11.9. The molecule has 7 heteroatoms. The Morgan fingerprint density at radius 2 is 1.79 bits per heavy atom. The maximum Gasteiger partial charge on any atom is 0.339 e. The summed E-state index contributed by atoms with van der Waals surface area (Å²) in [6.07, 6.45) is -0.0303. The van der Waals surface area contributed by atoms with Crippen LogP contribution < -0.4 is 14.8 Å². The fraction of sp³-hybridized carbons (Fsp3) is 0.269. The van der Waals surface area contributed by atoms with Crippen LogP contribution in [0.25, 0.3) is 0 Å². The van der Waals surface area contributed by atoms with Gasteiger partial charge in [0, 0.05) is 11.6 Å². The van der Waals surface area contributed by atoms with E-state index in [0.717, 1.165) is 17.5 Å². The van der Waals surface area contributed by atoms with Crippen LogP contribution in [-0.2, 0) is 6.42 Å². The van der Waals surface area contributed by atoms with Crippen LogP contribution in [-0.4, -0.2) is 35.4 Å². The quantitative estimate of drug-likeness (QED) is 0.322. The van der Waals surface area contributed by atoms with E-state index in [-0.39, 0.29) is 11.7 Å². The van der Waals surface area contributed by atoms with Crippen LogP contribution in [0.15, 0.2) is 66.7 Å². The summed E-state index contributed by atoms with van der Waals surface area (Å²) in [4.78, 5) is 11.6. The van der Waals surface area contributed by atoms with Gasteiger partial charge in [-0.3, -0.25) is 0 Å². The van der Waals surface area contributed by atoms with E-state index in [1.807, 2.05) is 50.2 Å². The van der Waals surface area contributed by atoms with Crippen molar-refractivity contribution in [3.05, 3.63) is 88.4 Å². The van der Waals surface area contributed by atoms with Gasteiger partial charge in [-0.1, -0.05) is 35.9 Å². The Morgan fingerprint density at radius 3 is 2.52 bits per heavy atom. The van der Waals surface area contributed by atoms with Crippen molar-refractivity contribution in [1.29, 1.82) is 0 Å². The Bertz CT molecular complexity index is 1090. The minimum absolute atomic E-state index is 0.0554. The first kappa shape index (κ1) is 24.6. The van der Waals surface area contributed by atoms with Crippen molar-refractivity contribution >= 4 is 17.6 Å². The van der Waals surface area contributed by atoms with E-state index >= 15 is 0 Å². The second-order valence-electron chi connectivity index (χ2n) is 7.90. The summed E-state index contributed by atoms with van der Waals surface area (Å²) in [5.41, 5.74) is 1.88. The third-order valence-electron chi connectivity index (χ3n) is 4.84. The number of ether oxygens (including phenoxy) is 2. The van der Waals surface area contributed by atoms with Gasteiger partial charge in [0.15, 0.2) is 0 Å². The van der Waals surface area contributed by atoms with Gasteiger partial charge in [0.1, 0.15) is 22.8 Å². The van der Waals surface area contributed by atoms with Crippen LogP contribution in [0.4, 0.5) is 0 Å². The predicted molar refractivity (Wildman–Crippen MR) is 129 cm³/mol. The first-order valence-corrected chi connectivity index (χ1v) is 11.1. The number of carbonyl (C=O) groups is 1. The molecule has 0 radical (unpaired) electrons. The summed E-state index contributed by atoms with van der Waals surface area (Å²) in [5.74, 6) is 0.268. The fourth-order valence-corrected chi connectivity index (χ4v) is 3.50. The molecule has 1 atom stereocenters. The molecular weight excluding hydrogens is 442 g/mol. The number of nitrogens with one attached hydrogen (secondary N) is 1. The first-order valence-electron chi connectivity index (χ1n) is 10.8. The molecule has 0 bridgehead atoms. The second kappa shape index (κ2) is 11.7. The number of benzene rings is 3. The molecule has 33 heavy (non-hydrogen) atoms. The number of rotatable bonds is 11. The average molecular weight is 470 g/mol. The lowest BCUT2D eigenvalue weighted by atomic mass is 10.1. The van der Waals surface area contributed by atoms with E-state index in [0.29, 0.717) is 35.4 Å². The summed E-state index contributed by atoms with van der Waals surface area (Å²) in [6.45, 7) is 4.77. The van der Waals surface area contributed by atoms with Crippen molar-refractivity contribution in [2.45, 2.75) is 32.5 Å². The number of aromatic carboxylic acids is 1. The molecule has 0 saturated carbocycles. The molecule has 0 heterocycles. The molecule has 0 spiro atoms. The summed E-state index contributed by atoms with van der Waals surface area (Å²) in [7, 11) is 0. The van der Waals surface area contributed by atoms with E-state index in [2.05, 4.69) is 5.32 Å². The van der Waals surface area contributed by atoms with E-state index in [9.17, 15) is 15.0 Å². The number of aliphatic hydroxyl groups excluding tert-OH is 1. The molecular formula is C26H28ClNO5. The summed E-state index contributed by atoms with van der Waals surface area (Å²) in [5, 5.41) is 23.6. The smallest absolute Gasteiger partial charge is 0.339 e. The molecule has 3 rings (SSSR count). The van der Waals surface area contributed by atoms with Gasteiger partial charge in [0.25, 0.3) is 0 Å². The van der Waals surface area contributed by atoms with Crippen LogP contribution in [0.5, 0.6) is 17.2 Å². The lowest BCUT2D eigenvalue weighted by molar-refractivity contribution is 0.0690. The second-order valence-corrected chi connectivity index (χ2v) is 8.34. The van der Waals surface area contributed by atoms with Crippen molar-refractivity contribution in [1.82, 2.24) is 5.32 Å². The maximum absolute atomic E-state index is 11.6. The molecule has 0 saturated heterocycles. The summed E-state index contributed by atoms with van der Waals surface area (Å²) >= 11 is 5.98. The van der Waals surface area contributed by atoms with Crippen molar-refractivity contribution < 1.29 is 24.5 Å². The minimum Gasteiger partial charge on any atom is -0.490 e. The number of halogens is 1. The molecule has 0 aliphatic heterocycles. The van der Waals surface area contributed by atoms with Crippen molar-refractivity contribution in [3.8, 4) is 17.2 Å². The number of hydrogen-bond donors (Lipinski definition) is 3. The lowest BCUT2D eigenvalue weighted by Gasteiger charge is -2.14. The number of aliphatic hydroxyl groups is 1. The van der Waals surface area contributed by atoms with Gasteiger partial charge < -0.3 is 25.0 Å². The van der Waals surface area contributed by atoms with E-state index in [4.69, 9.17) is 21.1 Å². The third-order valence-corrected chi connectivity index (χ3v) is 5.07. The van der Waals surface area contributed by atoms with E-state index in [1.54, 1.807) is 24.3 Å². The zero-order chi connectivity index (χ0) is 23.8. The van der Waals surface area contributed by atoms with Gasteiger partial charge >= 0.3 is 5.97 Å². The first-order chi connectivity index (χ1) is 15.8. The van der Waals surface area contributed by atoms with E-state index in [1.165, 1.54) is 6.07 Å². The Hall–Kier alpha value is -3.06. The Kier molecular flexibility index (Phi) is 8.72. The SMILES string of the molecule is CC(C)Oc1ccc(Oc2cccc(CCNC[C@H](O)c3cccc(Cl)c3)c2)cc1C(=O)O. The standard InChI is InChI=1S/C26H28ClNO5/c1-17(2)32-25-10-9-22(15-23(25)26(30)31)33-21-8-3-5-18(13-21)11-12-28-16-24(29)19-6-4-7-20(27)14-19/h3-10,13-15,17,24,28-29H,11-12,16H2,1-2H3,(H,30,31)/t24-/m0/s1. The van der Waals surface area contributed by atoms with Crippen molar-refractivity contribution in [2.75, 3.05) is 13.1 Å². The van der Waals surface area contributed by atoms with Crippen LogP contribution in [0.2, 0.25) is 5.02 Å². The molecule has 6 nitrogen and oxygen atoms in total. The Labute approximate surface area is 198 Å². The van der Waals surface area contributed by atoms with Gasteiger partial charge in [0.2, 0.25) is 0 Å². The highest BCUT2D eigenvalue weighted by Crippen LogP contribution is 2.29. The third kappa shape index (κ3) is 7.49. The highest BCUT2D eigenvalue weighted by atomic mass is 35.5. The number of carboxylic acids is 1. The number of carboxylic acid groups (broad SMARTS) is 1. The van der Waals surface area contributed by atoms with Crippen LogP contribution in [0.3, 0.4) is 0 Å². The molecule has 0 fully saturated rings. The van der Waals surface area contributed by atoms with Gasteiger partial charge in [-0.2, -0.15) is 0 Å². The molecule has 174 valence electrons. The lowest BCUT2D eigenvalue weighted by Crippen LogP contribution is -2.23. The van der Waals surface area contributed by atoms with Crippen molar-refractivity contribution in [3.63, 3.8) is 0 Å². The largest absolute Gasteiger partial charge is 0.490 e. The van der Waals surface area contributed by atoms with Gasteiger partial charge in [-0.05, 0) is 80.4 Å². The van der Waals surface area contributed by atoms with Gasteiger partial charge in [0.05, 0.1) is 12.2 Å². The van der Waals surface area contributed by atoms with Crippen molar-refractivity contribution in [2.24, 2.45) is 0 Å². The van der Waals surface area contributed by atoms with Crippen LogP contribution in [0.1, 0.15) is 41.4 Å². The highest BCUT2D eigenvalue weighted by Gasteiger charge is 2.14.